The summed E-state index contributed by atoms with van der Waals surface area (Å²) >= 11 is 0. The monoisotopic (exact) mass is 818 g/mol. The van der Waals surface area contributed by atoms with Crippen LogP contribution in [0.4, 0.5) is 11.5 Å². The summed E-state index contributed by atoms with van der Waals surface area (Å²) in [5, 5.41) is 14.8. The summed E-state index contributed by atoms with van der Waals surface area (Å²) in [4.78, 5) is 97.1. The number of imidazole rings is 1. The number of piperidine rings is 2. The Morgan fingerprint density at radius 1 is 0.883 bits per heavy atom. The number of fused-ring (bicyclic) bond motifs is 2. The van der Waals surface area contributed by atoms with Crippen molar-refractivity contribution >= 4 is 58.1 Å². The maximum atomic E-state index is 13.3. The largest absolute Gasteiger partial charge is 0.375 e. The van der Waals surface area contributed by atoms with Crippen molar-refractivity contribution in [1.29, 1.82) is 0 Å². The molecule has 3 aromatic heterocycles. The van der Waals surface area contributed by atoms with Gasteiger partial charge in [-0.25, -0.2) is 19.9 Å². The van der Waals surface area contributed by atoms with E-state index in [1.807, 2.05) is 25.4 Å². The van der Waals surface area contributed by atoms with Gasteiger partial charge in [0.25, 0.3) is 17.7 Å². The van der Waals surface area contributed by atoms with Crippen molar-refractivity contribution in [3.05, 3.63) is 71.6 Å². The number of nitrogens with zero attached hydrogens (tertiary/aromatic N) is 7. The van der Waals surface area contributed by atoms with E-state index in [2.05, 4.69) is 56.0 Å². The molecule has 5 N–H and O–H groups in total. The van der Waals surface area contributed by atoms with Gasteiger partial charge in [0.1, 0.15) is 23.6 Å². The molecular formula is C42H50N12O6. The lowest BCUT2D eigenvalue weighted by Gasteiger charge is -2.36. The molecule has 6 heterocycles. The van der Waals surface area contributed by atoms with Gasteiger partial charge in [-0.3, -0.25) is 39.0 Å². The Bertz CT molecular complexity index is 2300. The molecule has 18 nitrogen and oxygen atoms in total. The van der Waals surface area contributed by atoms with Crippen molar-refractivity contribution in [1.82, 2.24) is 50.3 Å². The molecule has 0 radical (unpaired) electrons. The second-order valence-corrected chi connectivity index (χ2v) is 16.1. The summed E-state index contributed by atoms with van der Waals surface area (Å²) in [6.07, 6.45) is 11.1. The second kappa shape index (κ2) is 17.9. The zero-order valence-corrected chi connectivity index (χ0v) is 33.6. The molecule has 60 heavy (non-hydrogen) atoms. The number of aromatic nitrogens is 5. The van der Waals surface area contributed by atoms with E-state index in [0.717, 1.165) is 98.6 Å². The number of amides is 6. The van der Waals surface area contributed by atoms with Crippen molar-refractivity contribution in [2.45, 2.75) is 95.3 Å². The van der Waals surface area contributed by atoms with Crippen LogP contribution in [0, 0.1) is 6.92 Å². The third kappa shape index (κ3) is 8.83. The topological polar surface area (TPSA) is 226 Å². The Kier molecular flexibility index (Phi) is 12.1. The number of nitrogens with one attached hydrogen (secondary N) is 5. The van der Waals surface area contributed by atoms with Crippen LogP contribution in [-0.2, 0) is 14.4 Å². The number of aryl methyl sites for hydroxylation is 1. The van der Waals surface area contributed by atoms with Gasteiger partial charge >= 0.3 is 0 Å². The number of unbranched alkanes of at least 4 members (excludes halogenated alkanes) is 3. The average Bonchev–Trinajstić information content (AvgIpc) is 3.77. The Morgan fingerprint density at radius 2 is 1.68 bits per heavy atom. The molecule has 18 heteroatoms. The van der Waals surface area contributed by atoms with E-state index in [9.17, 15) is 28.8 Å². The molecule has 3 fully saturated rings. The highest BCUT2D eigenvalue weighted by Gasteiger charge is 2.45. The summed E-state index contributed by atoms with van der Waals surface area (Å²) in [7, 11) is 0. The van der Waals surface area contributed by atoms with Gasteiger partial charge in [0.2, 0.25) is 17.7 Å². The number of benzene rings is 1. The maximum absolute atomic E-state index is 13.3. The maximum Gasteiger partial charge on any atom is 0.270 e. The molecule has 1 saturated carbocycles. The van der Waals surface area contributed by atoms with Gasteiger partial charge < -0.3 is 30.7 Å². The zero-order valence-electron chi connectivity index (χ0n) is 33.6. The van der Waals surface area contributed by atoms with E-state index >= 15 is 0 Å². The predicted molar refractivity (Wildman–Crippen MR) is 220 cm³/mol. The highest BCUT2D eigenvalue weighted by atomic mass is 16.2. The van der Waals surface area contributed by atoms with Gasteiger partial charge in [-0.05, 0) is 82.7 Å². The third-order valence-corrected chi connectivity index (χ3v) is 11.9. The van der Waals surface area contributed by atoms with Crippen molar-refractivity contribution in [3.8, 4) is 0 Å². The molecule has 314 valence electrons. The van der Waals surface area contributed by atoms with Crippen LogP contribution in [0.2, 0.25) is 0 Å². The molecule has 0 unspecified atom stereocenters. The average molecular weight is 819 g/mol. The lowest BCUT2D eigenvalue weighted by Crippen LogP contribution is -2.54. The third-order valence-electron chi connectivity index (χ3n) is 11.9. The molecule has 3 aliphatic heterocycles. The first-order valence-electron chi connectivity index (χ1n) is 20.9. The van der Waals surface area contributed by atoms with Gasteiger partial charge in [-0.1, -0.05) is 25.0 Å². The number of anilines is 2. The van der Waals surface area contributed by atoms with E-state index in [1.165, 1.54) is 6.07 Å². The van der Waals surface area contributed by atoms with E-state index in [-0.39, 0.29) is 54.4 Å². The van der Waals surface area contributed by atoms with Gasteiger partial charge in [0, 0.05) is 55.6 Å². The number of hydrogen-bond acceptors (Lipinski definition) is 13. The first-order chi connectivity index (χ1) is 29.1. The number of likely N-dealkylation sites (tertiary alicyclic amines) is 1. The SMILES string of the molecule is Cc1cccc(C(=O)NC2CC(n3cnc4c(NC5CCN(CCCCCCNC(=O)CNc6cccc7c6C(=O)N([C@H]6CCC(=O)NC6=O)C7=O)CC5)ncnc43)C2)n1. The highest BCUT2D eigenvalue weighted by Crippen LogP contribution is 2.36. The molecule has 4 aromatic rings. The fourth-order valence-corrected chi connectivity index (χ4v) is 8.52. The Labute approximate surface area is 346 Å². The molecule has 1 aromatic carbocycles. The minimum atomic E-state index is -1.05. The van der Waals surface area contributed by atoms with Crippen molar-refractivity contribution in [2.24, 2.45) is 0 Å². The number of hydrogen-bond donors (Lipinski definition) is 5. The van der Waals surface area contributed by atoms with Crippen LogP contribution in [-0.4, -0.2) is 121 Å². The van der Waals surface area contributed by atoms with Crippen molar-refractivity contribution in [3.63, 3.8) is 0 Å². The summed E-state index contributed by atoms with van der Waals surface area (Å²) < 4.78 is 2.09. The van der Waals surface area contributed by atoms with Crippen molar-refractivity contribution in [2.75, 3.05) is 43.4 Å². The first kappa shape index (κ1) is 40.5. The summed E-state index contributed by atoms with van der Waals surface area (Å²) in [5.41, 5.74) is 3.43. The van der Waals surface area contributed by atoms with E-state index in [0.29, 0.717) is 24.0 Å². The Balaban J connectivity index is 0.698. The quantitative estimate of drug-likeness (QED) is 0.0811. The van der Waals surface area contributed by atoms with E-state index in [4.69, 9.17) is 0 Å². The fraction of sp³-hybridized carbons (Fsp3) is 0.476. The predicted octanol–water partition coefficient (Wildman–Crippen LogP) is 2.73. The lowest BCUT2D eigenvalue weighted by atomic mass is 9.86. The van der Waals surface area contributed by atoms with Crippen LogP contribution in [0.15, 0.2) is 49.1 Å². The van der Waals surface area contributed by atoms with Gasteiger partial charge in [-0.15, -0.1) is 0 Å². The zero-order chi connectivity index (χ0) is 41.8. The van der Waals surface area contributed by atoms with Crippen LogP contribution in [0.3, 0.4) is 0 Å². The molecule has 0 bridgehead atoms. The molecule has 1 atom stereocenters. The molecule has 1 aliphatic carbocycles. The molecule has 0 spiro atoms. The van der Waals surface area contributed by atoms with Crippen LogP contribution in [0.25, 0.3) is 11.2 Å². The molecule has 2 saturated heterocycles. The van der Waals surface area contributed by atoms with Crippen LogP contribution in [0.5, 0.6) is 0 Å². The minimum absolute atomic E-state index is 0.0413. The summed E-state index contributed by atoms with van der Waals surface area (Å²) in [6, 6.07) is 9.72. The summed E-state index contributed by atoms with van der Waals surface area (Å²) in [5.74, 6) is -1.95. The Morgan fingerprint density at radius 3 is 2.48 bits per heavy atom. The Hall–Kier alpha value is -6.30. The van der Waals surface area contributed by atoms with E-state index in [1.54, 1.807) is 24.5 Å². The molecule has 4 aliphatic rings. The first-order valence-corrected chi connectivity index (χ1v) is 20.9. The number of rotatable bonds is 16. The fourth-order valence-electron chi connectivity index (χ4n) is 8.52. The molecule has 6 amide bonds. The second-order valence-electron chi connectivity index (χ2n) is 16.1. The van der Waals surface area contributed by atoms with Gasteiger partial charge in [0.15, 0.2) is 11.5 Å². The standard InChI is InChI=1S/C42H50N12O6/c1-25-8-6-11-31(48-25)39(57)50-27-20-28(21-27)53-24-47-36-37(45-23-46-38(36)53)49-26-14-18-52(19-15-26)17-5-3-2-4-16-43-34(56)22-44-30-10-7-9-29-35(30)42(60)54(41(29)59)32-12-13-33(55)51-40(32)58/h6-11,23-24,26-28,32,44H,2-5,12-22H2,1H3,(H,43,56)(H,50,57)(H,45,46,49)(H,51,55,58)/t27?,28?,32-/m0/s1. The number of carbonyl (C=O) groups excluding carboxylic acids is 6. The number of carbonyl (C=O) groups is 6. The smallest absolute Gasteiger partial charge is 0.270 e. The molecular weight excluding hydrogens is 769 g/mol. The van der Waals surface area contributed by atoms with Crippen LogP contribution < -0.4 is 26.6 Å². The highest BCUT2D eigenvalue weighted by molar-refractivity contribution is 6.25. The normalized spacial score (nSPS) is 20.8. The number of pyridine rings is 1. The van der Waals surface area contributed by atoms with Gasteiger partial charge in [0.05, 0.1) is 24.0 Å². The summed E-state index contributed by atoms with van der Waals surface area (Å²) in [6.45, 7) is 5.34. The van der Waals surface area contributed by atoms with E-state index < -0.39 is 29.7 Å². The van der Waals surface area contributed by atoms with Crippen molar-refractivity contribution < 1.29 is 28.8 Å². The van der Waals surface area contributed by atoms with Gasteiger partial charge in [-0.2, -0.15) is 0 Å². The minimum Gasteiger partial charge on any atom is -0.375 e. The molecule has 8 rings (SSSR count). The van der Waals surface area contributed by atoms with Crippen LogP contribution in [0.1, 0.15) is 107 Å². The number of imide groups is 2. The lowest BCUT2D eigenvalue weighted by molar-refractivity contribution is -0.136. The van der Waals surface area contributed by atoms with Crippen LogP contribution >= 0.6 is 0 Å².